The van der Waals surface area contributed by atoms with Crippen molar-refractivity contribution in [2.75, 3.05) is 54.0 Å². The van der Waals surface area contributed by atoms with Crippen LogP contribution < -0.4 is 20.3 Å². The summed E-state index contributed by atoms with van der Waals surface area (Å²) in [6.07, 6.45) is 4.87. The molecular formula is C24H43N3O3+2. The average Bonchev–Trinajstić information content (AvgIpc) is 2.73. The molecule has 6 nitrogen and oxygen atoms in total. The number of quaternary nitrogens is 2. The number of hydrogen-bond acceptors (Lipinski definition) is 3. The maximum Gasteiger partial charge on any atom is 0.275 e. The molecule has 2 rings (SSSR count). The molecule has 1 saturated heterocycles. The summed E-state index contributed by atoms with van der Waals surface area (Å²) in [5.74, 6) is 1.05. The van der Waals surface area contributed by atoms with Crippen molar-refractivity contribution < 1.29 is 24.5 Å². The van der Waals surface area contributed by atoms with Gasteiger partial charge < -0.3 is 25.0 Å². The minimum atomic E-state index is -0.148. The summed E-state index contributed by atoms with van der Waals surface area (Å²) in [7, 11) is 6.05. The highest BCUT2D eigenvalue weighted by Gasteiger charge is 2.44. The van der Waals surface area contributed by atoms with Crippen LogP contribution in [0.2, 0.25) is 0 Å². The lowest BCUT2D eigenvalue weighted by Crippen LogP contribution is -3.06. The Morgan fingerprint density at radius 3 is 2.80 bits per heavy atom. The van der Waals surface area contributed by atoms with Crippen LogP contribution in [0.4, 0.5) is 0 Å². The van der Waals surface area contributed by atoms with Crippen LogP contribution in [0.3, 0.4) is 0 Å². The molecule has 0 saturated carbocycles. The van der Waals surface area contributed by atoms with Crippen molar-refractivity contribution in [2.24, 2.45) is 0 Å². The zero-order valence-electron chi connectivity index (χ0n) is 19.7. The predicted octanol–water partition coefficient (Wildman–Crippen LogP) is 0.516. The van der Waals surface area contributed by atoms with Crippen molar-refractivity contribution in [3.63, 3.8) is 0 Å². The van der Waals surface area contributed by atoms with E-state index in [4.69, 9.17) is 9.47 Å². The van der Waals surface area contributed by atoms with Crippen molar-refractivity contribution >= 4 is 5.91 Å². The Labute approximate surface area is 182 Å². The Balaban J connectivity index is 1.99. The highest BCUT2D eigenvalue weighted by atomic mass is 16.5. The van der Waals surface area contributed by atoms with Gasteiger partial charge >= 0.3 is 0 Å². The van der Waals surface area contributed by atoms with Gasteiger partial charge in [-0.05, 0) is 38.7 Å². The first kappa shape index (κ1) is 24.6. The number of amides is 1. The number of carbonyl (C=O) groups is 1. The topological polar surface area (TPSA) is 68.6 Å². The molecule has 1 fully saturated rings. The van der Waals surface area contributed by atoms with Gasteiger partial charge in [0, 0.05) is 30.6 Å². The third-order valence-corrected chi connectivity index (χ3v) is 6.51. The van der Waals surface area contributed by atoms with Gasteiger partial charge in [-0.25, -0.2) is 0 Å². The molecule has 1 aliphatic heterocycles. The molecule has 1 aromatic carbocycles. The van der Waals surface area contributed by atoms with Gasteiger partial charge in [-0.2, -0.15) is 0 Å². The van der Waals surface area contributed by atoms with E-state index in [1.807, 2.05) is 12.1 Å². The molecule has 0 spiro atoms. The summed E-state index contributed by atoms with van der Waals surface area (Å²) < 4.78 is 11.9. The first-order valence-corrected chi connectivity index (χ1v) is 11.5. The van der Waals surface area contributed by atoms with Crippen LogP contribution in [0.25, 0.3) is 0 Å². The maximum atomic E-state index is 12.3. The average molecular weight is 422 g/mol. The first-order chi connectivity index (χ1) is 14.3. The van der Waals surface area contributed by atoms with Crippen LogP contribution >= 0.6 is 0 Å². The van der Waals surface area contributed by atoms with Gasteiger partial charge in [-0.3, -0.25) is 4.79 Å². The molecule has 1 amide bonds. The fourth-order valence-electron chi connectivity index (χ4n) is 4.58. The molecule has 4 N–H and O–H groups in total. The number of nitrogens with two attached hydrogens (primary N) is 1. The zero-order chi connectivity index (χ0) is 22.0. The Morgan fingerprint density at radius 2 is 2.10 bits per heavy atom. The smallest absolute Gasteiger partial charge is 0.275 e. The van der Waals surface area contributed by atoms with E-state index in [0.29, 0.717) is 13.1 Å². The lowest BCUT2D eigenvalue weighted by Gasteiger charge is -2.47. The van der Waals surface area contributed by atoms with E-state index in [1.165, 1.54) is 10.5 Å². The third kappa shape index (κ3) is 6.96. The second kappa shape index (κ2) is 11.7. The van der Waals surface area contributed by atoms with E-state index in [-0.39, 0.29) is 16.9 Å². The van der Waals surface area contributed by atoms with E-state index >= 15 is 0 Å². The summed E-state index contributed by atoms with van der Waals surface area (Å²) in [5, 5.41) is 5.26. The third-order valence-electron chi connectivity index (χ3n) is 6.51. The molecule has 0 aromatic heterocycles. The SMILES string of the molecule is CC[C@]1(C)C[C@@](CCNC(=O)C[NH2+]CCC[NH+](C)C)(c2ccccc2OC)CCO1. The summed E-state index contributed by atoms with van der Waals surface area (Å²) in [4.78, 5) is 13.8. The second-order valence-corrected chi connectivity index (χ2v) is 9.25. The zero-order valence-corrected chi connectivity index (χ0v) is 19.7. The van der Waals surface area contributed by atoms with Gasteiger partial charge in [0.05, 0.1) is 39.9 Å². The largest absolute Gasteiger partial charge is 0.496 e. The number of methoxy groups -OCH3 is 1. The molecule has 0 bridgehead atoms. The minimum absolute atomic E-state index is 0.0545. The molecular weight excluding hydrogens is 378 g/mol. The van der Waals surface area contributed by atoms with E-state index in [0.717, 1.165) is 57.6 Å². The van der Waals surface area contributed by atoms with Gasteiger partial charge in [0.15, 0.2) is 6.54 Å². The fourth-order valence-corrected chi connectivity index (χ4v) is 4.58. The van der Waals surface area contributed by atoms with Gasteiger partial charge in [0.25, 0.3) is 5.91 Å². The number of para-hydroxylation sites is 1. The van der Waals surface area contributed by atoms with E-state index < -0.39 is 0 Å². The van der Waals surface area contributed by atoms with E-state index in [2.05, 4.69) is 50.7 Å². The lowest BCUT2D eigenvalue weighted by atomic mass is 9.66. The summed E-state index contributed by atoms with van der Waals surface area (Å²) in [6, 6.07) is 8.33. The van der Waals surface area contributed by atoms with Gasteiger partial charge in [0.1, 0.15) is 5.75 Å². The molecule has 1 aliphatic rings. The summed E-state index contributed by atoms with van der Waals surface area (Å²) >= 11 is 0. The number of benzene rings is 1. The highest BCUT2D eigenvalue weighted by molar-refractivity contribution is 5.76. The Kier molecular flexibility index (Phi) is 9.59. The minimum Gasteiger partial charge on any atom is -0.496 e. The normalized spacial score (nSPS) is 24.1. The van der Waals surface area contributed by atoms with E-state index in [9.17, 15) is 4.79 Å². The van der Waals surface area contributed by atoms with Gasteiger partial charge in [0.2, 0.25) is 0 Å². The molecule has 6 heteroatoms. The Morgan fingerprint density at radius 1 is 1.33 bits per heavy atom. The van der Waals surface area contributed by atoms with Crippen molar-refractivity contribution in [3.05, 3.63) is 29.8 Å². The summed E-state index contributed by atoms with van der Waals surface area (Å²) in [5.41, 5.74) is 1.04. The molecule has 1 aromatic rings. The Bertz CT molecular complexity index is 667. The van der Waals surface area contributed by atoms with Crippen molar-refractivity contribution in [3.8, 4) is 5.75 Å². The predicted molar refractivity (Wildman–Crippen MR) is 120 cm³/mol. The molecule has 1 heterocycles. The van der Waals surface area contributed by atoms with E-state index in [1.54, 1.807) is 7.11 Å². The monoisotopic (exact) mass is 421 g/mol. The second-order valence-electron chi connectivity index (χ2n) is 9.25. The molecule has 2 atom stereocenters. The fraction of sp³-hybridized carbons (Fsp3) is 0.708. The molecule has 170 valence electrons. The van der Waals surface area contributed by atoms with Crippen LogP contribution in [0.1, 0.15) is 51.5 Å². The van der Waals surface area contributed by atoms with Crippen LogP contribution in [-0.2, 0) is 14.9 Å². The van der Waals surface area contributed by atoms with Crippen molar-refractivity contribution in [2.45, 2.75) is 57.0 Å². The van der Waals surface area contributed by atoms with Crippen molar-refractivity contribution in [1.82, 2.24) is 5.32 Å². The van der Waals surface area contributed by atoms with Crippen LogP contribution in [0.5, 0.6) is 5.75 Å². The standard InChI is InChI=1S/C24H41N3O3/c1-6-23(2)19-24(13-17-30-23,20-10-7-8-11-21(20)29-5)12-15-26-22(28)18-25-14-9-16-27(3)4/h7-8,10-11,25H,6,9,12-19H2,1-5H3,(H,26,28)/p+2/t23-,24+/m1/s1. The maximum absolute atomic E-state index is 12.3. The van der Waals surface area contributed by atoms with Crippen molar-refractivity contribution in [1.29, 1.82) is 0 Å². The quantitative estimate of drug-likeness (QED) is 0.431. The lowest BCUT2D eigenvalue weighted by molar-refractivity contribution is -0.860. The molecule has 0 unspecified atom stereocenters. The van der Waals surface area contributed by atoms with Crippen LogP contribution in [0, 0.1) is 0 Å². The van der Waals surface area contributed by atoms with Crippen LogP contribution in [0.15, 0.2) is 24.3 Å². The summed E-state index contributed by atoms with van der Waals surface area (Å²) in [6.45, 7) is 8.44. The number of ether oxygens (including phenoxy) is 2. The highest BCUT2D eigenvalue weighted by Crippen LogP contribution is 2.47. The van der Waals surface area contributed by atoms with Gasteiger partial charge in [-0.1, -0.05) is 25.1 Å². The Hall–Kier alpha value is -1.63. The molecule has 0 radical (unpaired) electrons. The first-order valence-electron chi connectivity index (χ1n) is 11.5. The van der Waals surface area contributed by atoms with Gasteiger partial charge in [-0.15, -0.1) is 0 Å². The molecule has 0 aliphatic carbocycles. The molecule has 30 heavy (non-hydrogen) atoms. The number of rotatable bonds is 12. The van der Waals surface area contributed by atoms with Crippen LogP contribution in [-0.4, -0.2) is 65.5 Å². The number of hydrogen-bond donors (Lipinski definition) is 3. The number of carbonyl (C=O) groups excluding carboxylic acids is 1. The number of nitrogens with one attached hydrogen (secondary N) is 2.